The van der Waals surface area contributed by atoms with Crippen molar-refractivity contribution in [2.45, 2.75) is 83.4 Å². The van der Waals surface area contributed by atoms with Gasteiger partial charge in [-0.25, -0.2) is 13.2 Å². The third-order valence-corrected chi connectivity index (χ3v) is 9.69. The van der Waals surface area contributed by atoms with Crippen LogP contribution < -0.4 is 0 Å². The van der Waals surface area contributed by atoms with Gasteiger partial charge in [-0.15, -0.1) is 0 Å². The van der Waals surface area contributed by atoms with E-state index in [-0.39, 0.29) is 35.4 Å². The molecule has 2 atom stereocenters. The fourth-order valence-electron chi connectivity index (χ4n) is 6.24. The summed E-state index contributed by atoms with van der Waals surface area (Å²) in [4.78, 5) is 32.9. The van der Waals surface area contributed by atoms with E-state index < -0.39 is 15.4 Å². The van der Waals surface area contributed by atoms with Crippen LogP contribution in [0.15, 0.2) is 59.5 Å². The standard InChI is InChI=1S/C34H49N3O5S/c1-33(2,3)29-24-36(31(26-11-9-8-10-12-26)27-13-15-28(16-14-27)43(7,40)41)21-22-37(29)30(38)23-25-17-19-35(20-18-25)32(39)42-34(4,5)6/h8-16,25,29,31H,17-24H2,1-7H3/t29-,31?/m1/s1. The Kier molecular flexibility index (Phi) is 9.96. The summed E-state index contributed by atoms with van der Waals surface area (Å²) in [7, 11) is -3.29. The van der Waals surface area contributed by atoms with Gasteiger partial charge in [-0.3, -0.25) is 9.69 Å². The summed E-state index contributed by atoms with van der Waals surface area (Å²) in [5, 5.41) is 0. The molecule has 4 rings (SSSR count). The van der Waals surface area contributed by atoms with Crippen LogP contribution in [0.25, 0.3) is 0 Å². The molecule has 2 aromatic rings. The molecule has 2 aromatic carbocycles. The molecule has 0 radical (unpaired) electrons. The molecule has 2 saturated heterocycles. The first-order valence-electron chi connectivity index (χ1n) is 15.4. The second-order valence-corrected chi connectivity index (χ2v) is 16.2. The van der Waals surface area contributed by atoms with E-state index in [0.717, 1.165) is 24.0 Å². The molecule has 2 aliphatic rings. The highest BCUT2D eigenvalue weighted by Crippen LogP contribution is 2.36. The normalized spacial score (nSPS) is 20.1. The molecule has 0 aliphatic carbocycles. The summed E-state index contributed by atoms with van der Waals surface area (Å²) in [5.41, 5.74) is 1.50. The number of carbonyl (C=O) groups excluding carboxylic acids is 2. The van der Waals surface area contributed by atoms with Gasteiger partial charge in [0.15, 0.2) is 9.84 Å². The predicted octanol–water partition coefficient (Wildman–Crippen LogP) is 5.78. The van der Waals surface area contributed by atoms with Crippen molar-refractivity contribution in [1.29, 1.82) is 0 Å². The van der Waals surface area contributed by atoms with E-state index >= 15 is 0 Å². The molecule has 0 saturated carbocycles. The highest BCUT2D eigenvalue weighted by atomic mass is 32.2. The Morgan fingerprint density at radius 3 is 1.98 bits per heavy atom. The van der Waals surface area contributed by atoms with E-state index in [4.69, 9.17) is 4.74 Å². The number of hydrogen-bond donors (Lipinski definition) is 0. The molecule has 1 unspecified atom stereocenters. The number of carbonyl (C=O) groups is 2. The number of piperazine rings is 1. The van der Waals surface area contributed by atoms with Gasteiger partial charge in [0.1, 0.15) is 5.60 Å². The average molecular weight is 612 g/mol. The van der Waals surface area contributed by atoms with Crippen LogP contribution in [-0.2, 0) is 19.4 Å². The molecule has 8 nitrogen and oxygen atoms in total. The maximum Gasteiger partial charge on any atom is 0.410 e. The zero-order chi connectivity index (χ0) is 31.6. The lowest BCUT2D eigenvalue weighted by atomic mass is 9.82. The molecule has 9 heteroatoms. The lowest BCUT2D eigenvalue weighted by Gasteiger charge is -2.50. The Labute approximate surface area is 258 Å². The predicted molar refractivity (Wildman–Crippen MR) is 170 cm³/mol. The first-order valence-corrected chi connectivity index (χ1v) is 17.3. The molecule has 2 fully saturated rings. The van der Waals surface area contributed by atoms with Gasteiger partial charge in [0.2, 0.25) is 5.91 Å². The topological polar surface area (TPSA) is 87.2 Å². The van der Waals surface area contributed by atoms with Crippen molar-refractivity contribution in [1.82, 2.24) is 14.7 Å². The first kappa shape index (κ1) is 33.0. The van der Waals surface area contributed by atoms with E-state index in [0.29, 0.717) is 44.0 Å². The SMILES string of the molecule is CC(C)(C)OC(=O)N1CCC(CC(=O)N2CCN(C(c3ccccc3)c3ccc(S(C)(=O)=O)cc3)C[C@@H]2C(C)(C)C)CC1. The monoisotopic (exact) mass is 611 g/mol. The second-order valence-electron chi connectivity index (χ2n) is 14.2. The number of nitrogens with zero attached hydrogens (tertiary/aromatic N) is 3. The molecule has 43 heavy (non-hydrogen) atoms. The van der Waals surface area contributed by atoms with Crippen LogP contribution in [0.5, 0.6) is 0 Å². The Balaban J connectivity index is 1.48. The number of amides is 2. The maximum absolute atomic E-state index is 13.8. The summed E-state index contributed by atoms with van der Waals surface area (Å²) in [6, 6.07) is 17.5. The number of likely N-dealkylation sites (tertiary alicyclic amines) is 1. The summed E-state index contributed by atoms with van der Waals surface area (Å²) in [6.07, 6.45) is 3.03. The molecule has 2 aliphatic heterocycles. The van der Waals surface area contributed by atoms with Crippen LogP contribution in [0.1, 0.15) is 78.0 Å². The van der Waals surface area contributed by atoms with Crippen LogP contribution >= 0.6 is 0 Å². The minimum Gasteiger partial charge on any atom is -0.444 e. The third kappa shape index (κ3) is 8.60. The zero-order valence-electron chi connectivity index (χ0n) is 26.9. The molecule has 2 amide bonds. The lowest BCUT2D eigenvalue weighted by molar-refractivity contribution is -0.141. The Hall–Kier alpha value is -2.91. The van der Waals surface area contributed by atoms with E-state index in [9.17, 15) is 18.0 Å². The van der Waals surface area contributed by atoms with Crippen LogP contribution in [0.2, 0.25) is 0 Å². The molecule has 236 valence electrons. The maximum atomic E-state index is 13.8. The Morgan fingerprint density at radius 1 is 0.860 bits per heavy atom. The lowest BCUT2D eigenvalue weighted by Crippen LogP contribution is -2.60. The van der Waals surface area contributed by atoms with Crippen molar-refractivity contribution in [3.8, 4) is 0 Å². The first-order chi connectivity index (χ1) is 20.0. The number of benzene rings is 2. The number of sulfone groups is 1. The number of piperidine rings is 1. The third-order valence-electron chi connectivity index (χ3n) is 8.57. The Morgan fingerprint density at radius 2 is 1.44 bits per heavy atom. The fraction of sp³-hybridized carbons (Fsp3) is 0.588. The van der Waals surface area contributed by atoms with Crippen molar-refractivity contribution in [2.75, 3.05) is 39.0 Å². The quantitative estimate of drug-likeness (QED) is 0.412. The van der Waals surface area contributed by atoms with E-state index in [1.54, 1.807) is 17.0 Å². The van der Waals surface area contributed by atoms with Gasteiger partial charge in [-0.05, 0) is 68.2 Å². The highest BCUT2D eigenvalue weighted by Gasteiger charge is 2.41. The summed E-state index contributed by atoms with van der Waals surface area (Å²) >= 11 is 0. The van der Waals surface area contributed by atoms with Crippen LogP contribution in [0.4, 0.5) is 4.79 Å². The van der Waals surface area contributed by atoms with Crippen LogP contribution in [0, 0.1) is 11.3 Å². The molecule has 0 N–H and O–H groups in total. The Bertz CT molecular complexity index is 1360. The summed E-state index contributed by atoms with van der Waals surface area (Å²) in [5.74, 6) is 0.430. The van der Waals surface area contributed by atoms with Gasteiger partial charge < -0.3 is 14.5 Å². The van der Waals surface area contributed by atoms with E-state index in [1.165, 1.54) is 6.26 Å². The van der Waals surface area contributed by atoms with Crippen molar-refractivity contribution in [3.05, 3.63) is 65.7 Å². The fourth-order valence-corrected chi connectivity index (χ4v) is 6.87. The highest BCUT2D eigenvalue weighted by molar-refractivity contribution is 7.90. The van der Waals surface area contributed by atoms with Crippen LogP contribution in [-0.4, -0.2) is 85.7 Å². The number of hydrogen-bond acceptors (Lipinski definition) is 6. The van der Waals surface area contributed by atoms with E-state index in [2.05, 4.69) is 42.7 Å². The van der Waals surface area contributed by atoms with Gasteiger partial charge in [0.25, 0.3) is 0 Å². The zero-order valence-corrected chi connectivity index (χ0v) is 27.7. The van der Waals surface area contributed by atoms with Crippen molar-refractivity contribution >= 4 is 21.8 Å². The minimum absolute atomic E-state index is 0.0112. The van der Waals surface area contributed by atoms with Gasteiger partial charge in [-0.1, -0.05) is 63.2 Å². The number of ether oxygens (including phenoxy) is 1. The molecule has 0 spiro atoms. The van der Waals surface area contributed by atoms with Gasteiger partial charge >= 0.3 is 6.09 Å². The second kappa shape index (κ2) is 13.0. The number of rotatable bonds is 6. The van der Waals surface area contributed by atoms with Crippen molar-refractivity contribution < 1.29 is 22.7 Å². The van der Waals surface area contributed by atoms with Crippen molar-refractivity contribution in [3.63, 3.8) is 0 Å². The molecular weight excluding hydrogens is 562 g/mol. The molecule has 2 heterocycles. The largest absolute Gasteiger partial charge is 0.444 e. The van der Waals surface area contributed by atoms with Gasteiger partial charge in [0.05, 0.1) is 10.9 Å². The van der Waals surface area contributed by atoms with Crippen molar-refractivity contribution in [2.24, 2.45) is 11.3 Å². The van der Waals surface area contributed by atoms with Gasteiger partial charge in [-0.2, -0.15) is 0 Å². The molecule has 0 bridgehead atoms. The van der Waals surface area contributed by atoms with E-state index in [1.807, 2.05) is 51.1 Å². The smallest absolute Gasteiger partial charge is 0.410 e. The van der Waals surface area contributed by atoms with Crippen LogP contribution in [0.3, 0.4) is 0 Å². The minimum atomic E-state index is -3.29. The molecule has 0 aromatic heterocycles. The summed E-state index contributed by atoms with van der Waals surface area (Å²) < 4.78 is 29.7. The summed E-state index contributed by atoms with van der Waals surface area (Å²) in [6.45, 7) is 15.5. The average Bonchev–Trinajstić information content (AvgIpc) is 2.92. The molecular formula is C34H49N3O5S. The van der Waals surface area contributed by atoms with Gasteiger partial charge in [0, 0.05) is 51.4 Å².